The second-order valence-corrected chi connectivity index (χ2v) is 5.28. The summed E-state index contributed by atoms with van der Waals surface area (Å²) >= 11 is 0. The maximum atomic E-state index is 12.3. The van der Waals surface area contributed by atoms with Crippen molar-refractivity contribution >= 4 is 11.8 Å². The highest BCUT2D eigenvalue weighted by atomic mass is 16.2. The molecule has 0 saturated carbocycles. The van der Waals surface area contributed by atoms with Gasteiger partial charge in [-0.05, 0) is 13.0 Å². The summed E-state index contributed by atoms with van der Waals surface area (Å²) in [5, 5.41) is 7.34. The molecule has 21 heavy (non-hydrogen) atoms. The summed E-state index contributed by atoms with van der Waals surface area (Å²) in [4.78, 5) is 27.2. The van der Waals surface area contributed by atoms with Crippen LogP contribution in [-0.4, -0.2) is 70.2 Å². The molecule has 7 nitrogen and oxygen atoms in total. The van der Waals surface area contributed by atoms with Crippen molar-refractivity contribution in [2.45, 2.75) is 26.4 Å². The van der Waals surface area contributed by atoms with Crippen molar-refractivity contribution in [1.29, 1.82) is 0 Å². The summed E-state index contributed by atoms with van der Waals surface area (Å²) in [6.07, 6.45) is 3.64. The first-order chi connectivity index (χ1) is 10.1. The molecule has 0 aromatic carbocycles. The molecule has 0 spiro atoms. The Hall–Kier alpha value is -1.89. The zero-order chi connectivity index (χ0) is 15.2. The van der Waals surface area contributed by atoms with Crippen LogP contribution in [0.1, 0.15) is 13.8 Å². The van der Waals surface area contributed by atoms with Crippen LogP contribution in [0, 0.1) is 0 Å². The van der Waals surface area contributed by atoms with E-state index in [1.54, 1.807) is 18.0 Å². The molecule has 7 heteroatoms. The minimum Gasteiger partial charge on any atom is -0.339 e. The van der Waals surface area contributed by atoms with Gasteiger partial charge in [0, 0.05) is 52.0 Å². The molecule has 2 heterocycles. The quantitative estimate of drug-likeness (QED) is 0.798. The van der Waals surface area contributed by atoms with Crippen LogP contribution in [0.2, 0.25) is 0 Å². The van der Waals surface area contributed by atoms with Crippen molar-refractivity contribution in [3.63, 3.8) is 0 Å². The van der Waals surface area contributed by atoms with Gasteiger partial charge in [-0.1, -0.05) is 0 Å². The van der Waals surface area contributed by atoms with Gasteiger partial charge in [0.05, 0.1) is 12.6 Å². The number of nitrogens with zero attached hydrogens (tertiary/aromatic N) is 4. The van der Waals surface area contributed by atoms with Crippen LogP contribution in [0.25, 0.3) is 0 Å². The monoisotopic (exact) mass is 293 g/mol. The Balaban J connectivity index is 1.71. The lowest BCUT2D eigenvalue weighted by atomic mass is 10.2. The third-order valence-corrected chi connectivity index (χ3v) is 3.76. The predicted octanol–water partition coefficient (Wildman–Crippen LogP) is -0.448. The van der Waals surface area contributed by atoms with Crippen LogP contribution in [0.5, 0.6) is 0 Å². The van der Waals surface area contributed by atoms with Gasteiger partial charge in [-0.25, -0.2) is 0 Å². The lowest BCUT2D eigenvalue weighted by molar-refractivity contribution is -0.139. The van der Waals surface area contributed by atoms with Gasteiger partial charge in [-0.2, -0.15) is 5.10 Å². The number of carbonyl (C=O) groups is 2. The summed E-state index contributed by atoms with van der Waals surface area (Å²) < 4.78 is 1.83. The molecule has 0 aliphatic carbocycles. The Morgan fingerprint density at radius 2 is 1.90 bits per heavy atom. The fourth-order valence-corrected chi connectivity index (χ4v) is 2.43. The number of hydrogen-bond acceptors (Lipinski definition) is 4. The van der Waals surface area contributed by atoms with Crippen molar-refractivity contribution in [2.75, 3.05) is 32.7 Å². The molecular formula is C14H23N5O2. The van der Waals surface area contributed by atoms with E-state index in [1.807, 2.05) is 28.8 Å². The average molecular weight is 293 g/mol. The summed E-state index contributed by atoms with van der Waals surface area (Å²) in [5.74, 6) is 0.172. The van der Waals surface area contributed by atoms with Gasteiger partial charge in [0.15, 0.2) is 0 Å². The first-order valence-corrected chi connectivity index (χ1v) is 7.33. The second-order valence-electron chi connectivity index (χ2n) is 5.28. The Morgan fingerprint density at radius 1 is 1.24 bits per heavy atom. The van der Waals surface area contributed by atoms with Gasteiger partial charge in [-0.15, -0.1) is 0 Å². The van der Waals surface area contributed by atoms with E-state index in [0.29, 0.717) is 32.7 Å². The Morgan fingerprint density at radius 3 is 2.48 bits per heavy atom. The maximum Gasteiger partial charge on any atom is 0.239 e. The maximum absolute atomic E-state index is 12.3. The number of carbonyl (C=O) groups excluding carboxylic acids is 2. The molecule has 116 valence electrons. The summed E-state index contributed by atoms with van der Waals surface area (Å²) in [6.45, 7) is 7.36. The van der Waals surface area contributed by atoms with Gasteiger partial charge in [-0.3, -0.25) is 14.3 Å². The molecule has 1 aliphatic heterocycles. The molecule has 1 aliphatic rings. The molecule has 1 aromatic heterocycles. The second kappa shape index (κ2) is 7.21. The zero-order valence-electron chi connectivity index (χ0n) is 12.7. The minimum atomic E-state index is -0.218. The van der Waals surface area contributed by atoms with Crippen LogP contribution in [-0.2, 0) is 16.1 Å². The van der Waals surface area contributed by atoms with E-state index >= 15 is 0 Å². The third-order valence-electron chi connectivity index (χ3n) is 3.76. The van der Waals surface area contributed by atoms with Gasteiger partial charge >= 0.3 is 0 Å². The van der Waals surface area contributed by atoms with E-state index in [-0.39, 0.29) is 17.9 Å². The fraction of sp³-hybridized carbons (Fsp3) is 0.643. The Bertz CT molecular complexity index is 466. The molecule has 1 N–H and O–H groups in total. The van der Waals surface area contributed by atoms with Gasteiger partial charge in [0.2, 0.25) is 11.8 Å². The van der Waals surface area contributed by atoms with E-state index in [9.17, 15) is 9.59 Å². The third kappa shape index (κ3) is 4.29. The van der Waals surface area contributed by atoms with E-state index < -0.39 is 0 Å². The van der Waals surface area contributed by atoms with E-state index in [4.69, 9.17) is 0 Å². The molecule has 2 rings (SSSR count). The predicted molar refractivity (Wildman–Crippen MR) is 78.5 cm³/mol. The average Bonchev–Trinajstić information content (AvgIpc) is 2.99. The fourth-order valence-electron chi connectivity index (χ4n) is 2.43. The smallest absolute Gasteiger partial charge is 0.239 e. The van der Waals surface area contributed by atoms with Crippen molar-refractivity contribution in [3.05, 3.63) is 18.5 Å². The lowest BCUT2D eigenvalue weighted by Gasteiger charge is -2.35. The van der Waals surface area contributed by atoms with Crippen LogP contribution in [0.4, 0.5) is 0 Å². The first-order valence-electron chi connectivity index (χ1n) is 7.33. The summed E-state index contributed by atoms with van der Waals surface area (Å²) in [6, 6.07) is 1.66. The number of amides is 2. The Labute approximate surface area is 124 Å². The van der Waals surface area contributed by atoms with Gasteiger partial charge in [0.25, 0.3) is 0 Å². The highest BCUT2D eigenvalue weighted by Gasteiger charge is 2.25. The molecule has 1 fully saturated rings. The van der Waals surface area contributed by atoms with E-state index in [0.717, 1.165) is 6.54 Å². The molecule has 0 unspecified atom stereocenters. The number of nitrogens with one attached hydrogen (secondary N) is 1. The minimum absolute atomic E-state index is 0.0764. The number of aromatic nitrogens is 2. The topological polar surface area (TPSA) is 70.5 Å². The van der Waals surface area contributed by atoms with Crippen LogP contribution in [0.3, 0.4) is 0 Å². The highest BCUT2D eigenvalue weighted by Crippen LogP contribution is 2.04. The van der Waals surface area contributed by atoms with Crippen LogP contribution in [0.15, 0.2) is 18.5 Å². The zero-order valence-corrected chi connectivity index (χ0v) is 12.7. The number of piperazine rings is 1. The normalized spacial score (nSPS) is 16.9. The molecule has 1 aromatic rings. The first kappa shape index (κ1) is 15.5. The molecular weight excluding hydrogens is 270 g/mol. The lowest BCUT2D eigenvalue weighted by Crippen LogP contribution is -2.54. The molecule has 0 bridgehead atoms. The molecule has 2 amide bonds. The van der Waals surface area contributed by atoms with E-state index in [1.165, 1.54) is 0 Å². The summed E-state index contributed by atoms with van der Waals surface area (Å²) in [7, 11) is 0. The Kier molecular flexibility index (Phi) is 5.32. The molecule has 1 atom stereocenters. The number of hydrogen-bond donors (Lipinski definition) is 1. The molecule has 0 radical (unpaired) electrons. The van der Waals surface area contributed by atoms with Crippen molar-refractivity contribution in [1.82, 2.24) is 24.9 Å². The SMILES string of the molecule is CC(=O)N1CCN(C(=O)[C@@H](C)NCCn2cccn2)CC1. The highest BCUT2D eigenvalue weighted by molar-refractivity contribution is 5.82. The van der Waals surface area contributed by atoms with Crippen molar-refractivity contribution < 1.29 is 9.59 Å². The number of rotatable bonds is 5. The van der Waals surface area contributed by atoms with Gasteiger partial charge < -0.3 is 15.1 Å². The molecule has 1 saturated heterocycles. The van der Waals surface area contributed by atoms with Crippen LogP contribution < -0.4 is 5.32 Å². The van der Waals surface area contributed by atoms with E-state index in [2.05, 4.69) is 10.4 Å². The van der Waals surface area contributed by atoms with Crippen LogP contribution >= 0.6 is 0 Å². The summed E-state index contributed by atoms with van der Waals surface area (Å²) in [5.41, 5.74) is 0. The van der Waals surface area contributed by atoms with Crippen molar-refractivity contribution in [2.24, 2.45) is 0 Å². The largest absolute Gasteiger partial charge is 0.339 e. The van der Waals surface area contributed by atoms with Gasteiger partial charge in [0.1, 0.15) is 0 Å². The standard InChI is InChI=1S/C14H23N5O2/c1-12(15-5-7-19-6-3-4-16-19)14(21)18-10-8-17(9-11-18)13(2)20/h3-4,6,12,15H,5,7-11H2,1-2H3/t12-/m1/s1. The van der Waals surface area contributed by atoms with Crippen molar-refractivity contribution in [3.8, 4) is 0 Å².